The number of nitrogens with zero attached hydrogens (tertiary/aromatic N) is 5. The third-order valence-corrected chi connectivity index (χ3v) is 4.81. The van der Waals surface area contributed by atoms with Crippen LogP contribution < -0.4 is 10.2 Å². The quantitative estimate of drug-likeness (QED) is 0.730. The van der Waals surface area contributed by atoms with Crippen molar-refractivity contribution >= 4 is 23.1 Å². The van der Waals surface area contributed by atoms with Gasteiger partial charge in [-0.15, -0.1) is 0 Å². The predicted octanol–water partition coefficient (Wildman–Crippen LogP) is 2.65. The summed E-state index contributed by atoms with van der Waals surface area (Å²) >= 11 is 0. The molecule has 1 amide bonds. The minimum absolute atomic E-state index is 0.202. The SMILES string of the molecule is CC(C)(C)c1cc(C(=O)Nc2ccc(N3CCOCC3)c(F)c2)nc2ncnn12. The van der Waals surface area contributed by atoms with Gasteiger partial charge in [-0.05, 0) is 24.3 Å². The molecule has 152 valence electrons. The number of nitrogens with one attached hydrogen (secondary N) is 1. The third kappa shape index (κ3) is 3.91. The van der Waals surface area contributed by atoms with Crippen molar-refractivity contribution < 1.29 is 13.9 Å². The highest BCUT2D eigenvalue weighted by Gasteiger charge is 2.23. The van der Waals surface area contributed by atoms with Gasteiger partial charge in [0, 0.05) is 24.2 Å². The number of hydrogen-bond acceptors (Lipinski definition) is 6. The molecular formula is C20H23FN6O2. The van der Waals surface area contributed by atoms with Crippen LogP contribution in [-0.4, -0.2) is 51.8 Å². The standard InChI is InChI=1S/C20H23FN6O2/c1-20(2,3)17-11-15(25-19-22-12-23-27(17)19)18(28)24-13-4-5-16(14(21)10-13)26-6-8-29-9-7-26/h4-5,10-12H,6-9H2,1-3H3,(H,24,28). The number of carbonyl (C=O) groups excluding carboxylic acids is 1. The molecule has 9 heteroatoms. The second kappa shape index (κ2) is 7.40. The van der Waals surface area contributed by atoms with E-state index in [0.29, 0.717) is 43.5 Å². The van der Waals surface area contributed by atoms with Crippen molar-refractivity contribution in [1.82, 2.24) is 19.6 Å². The van der Waals surface area contributed by atoms with Gasteiger partial charge in [-0.1, -0.05) is 20.8 Å². The van der Waals surface area contributed by atoms with Gasteiger partial charge < -0.3 is 15.0 Å². The molecule has 2 aromatic heterocycles. The first kappa shape index (κ1) is 19.3. The van der Waals surface area contributed by atoms with E-state index in [-0.39, 0.29) is 16.9 Å². The molecule has 0 bridgehead atoms. The molecule has 8 nitrogen and oxygen atoms in total. The zero-order chi connectivity index (χ0) is 20.6. The average Bonchev–Trinajstić information content (AvgIpc) is 3.15. The molecule has 1 fully saturated rings. The smallest absolute Gasteiger partial charge is 0.274 e. The van der Waals surface area contributed by atoms with E-state index in [9.17, 15) is 9.18 Å². The Labute approximate surface area is 167 Å². The summed E-state index contributed by atoms with van der Waals surface area (Å²) in [5.74, 6) is -0.475. The van der Waals surface area contributed by atoms with Gasteiger partial charge in [0.2, 0.25) is 0 Å². The van der Waals surface area contributed by atoms with Gasteiger partial charge in [0.1, 0.15) is 17.8 Å². The Morgan fingerprint density at radius 3 is 2.66 bits per heavy atom. The van der Waals surface area contributed by atoms with Crippen LogP contribution in [0, 0.1) is 5.82 Å². The Morgan fingerprint density at radius 1 is 1.21 bits per heavy atom. The Bertz CT molecular complexity index is 1050. The number of aromatic nitrogens is 4. The lowest BCUT2D eigenvalue weighted by molar-refractivity contribution is 0.102. The number of amides is 1. The van der Waals surface area contributed by atoms with Gasteiger partial charge in [-0.3, -0.25) is 4.79 Å². The molecule has 0 unspecified atom stereocenters. The molecule has 1 aliphatic rings. The highest BCUT2D eigenvalue weighted by Crippen LogP contribution is 2.25. The van der Waals surface area contributed by atoms with Gasteiger partial charge in [0.25, 0.3) is 11.7 Å². The summed E-state index contributed by atoms with van der Waals surface area (Å²) in [7, 11) is 0. The second-order valence-electron chi connectivity index (χ2n) is 7.97. The van der Waals surface area contributed by atoms with E-state index >= 15 is 0 Å². The van der Waals surface area contributed by atoms with Crippen molar-refractivity contribution in [3.05, 3.63) is 47.8 Å². The van der Waals surface area contributed by atoms with Crippen molar-refractivity contribution in [1.29, 1.82) is 0 Å². The summed E-state index contributed by atoms with van der Waals surface area (Å²) in [6, 6.07) is 6.37. The van der Waals surface area contributed by atoms with Crippen LogP contribution >= 0.6 is 0 Å². The van der Waals surface area contributed by atoms with E-state index in [0.717, 1.165) is 5.69 Å². The fraction of sp³-hybridized carbons (Fsp3) is 0.400. The van der Waals surface area contributed by atoms with Gasteiger partial charge in [-0.2, -0.15) is 10.1 Å². The van der Waals surface area contributed by atoms with Crippen molar-refractivity contribution in [2.24, 2.45) is 0 Å². The van der Waals surface area contributed by atoms with Crippen LogP contribution in [0.25, 0.3) is 5.78 Å². The van der Waals surface area contributed by atoms with Crippen molar-refractivity contribution in [3.63, 3.8) is 0 Å². The Balaban J connectivity index is 1.59. The topological polar surface area (TPSA) is 84.7 Å². The molecule has 1 saturated heterocycles. The van der Waals surface area contributed by atoms with Crippen LogP contribution in [0.4, 0.5) is 15.8 Å². The van der Waals surface area contributed by atoms with E-state index in [2.05, 4.69) is 20.4 Å². The molecule has 0 radical (unpaired) electrons. The lowest BCUT2D eigenvalue weighted by atomic mass is 9.91. The van der Waals surface area contributed by atoms with Crippen molar-refractivity contribution in [3.8, 4) is 0 Å². The fourth-order valence-corrected chi connectivity index (χ4v) is 3.30. The molecule has 1 aliphatic heterocycles. The van der Waals surface area contributed by atoms with Gasteiger partial charge >= 0.3 is 0 Å². The number of ether oxygens (including phenoxy) is 1. The number of anilines is 2. The molecule has 3 aromatic rings. The van der Waals surface area contributed by atoms with E-state index in [1.165, 1.54) is 12.4 Å². The average molecular weight is 398 g/mol. The third-order valence-electron chi connectivity index (χ3n) is 4.81. The fourth-order valence-electron chi connectivity index (χ4n) is 3.30. The first-order valence-electron chi connectivity index (χ1n) is 9.48. The Hall–Kier alpha value is -3.07. The maximum absolute atomic E-state index is 14.6. The summed E-state index contributed by atoms with van der Waals surface area (Å²) in [4.78, 5) is 23.1. The minimum atomic E-state index is -0.431. The first-order chi connectivity index (χ1) is 13.8. The lowest BCUT2D eigenvalue weighted by Crippen LogP contribution is -2.36. The molecule has 0 spiro atoms. The molecule has 0 atom stereocenters. The summed E-state index contributed by atoms with van der Waals surface area (Å²) < 4.78 is 21.5. The van der Waals surface area contributed by atoms with E-state index in [4.69, 9.17) is 4.74 Å². The summed E-state index contributed by atoms with van der Waals surface area (Å²) in [6.07, 6.45) is 1.40. The number of morpholine rings is 1. The maximum atomic E-state index is 14.6. The normalized spacial score (nSPS) is 15.0. The summed E-state index contributed by atoms with van der Waals surface area (Å²) in [5.41, 5.74) is 1.61. The zero-order valence-electron chi connectivity index (χ0n) is 16.6. The van der Waals surface area contributed by atoms with Crippen LogP contribution in [0.15, 0.2) is 30.6 Å². The number of fused-ring (bicyclic) bond motifs is 1. The molecule has 29 heavy (non-hydrogen) atoms. The van der Waals surface area contributed by atoms with Gasteiger partial charge in [0.15, 0.2) is 0 Å². The van der Waals surface area contributed by atoms with E-state index in [1.807, 2.05) is 25.7 Å². The van der Waals surface area contributed by atoms with Crippen LogP contribution in [0.5, 0.6) is 0 Å². The zero-order valence-corrected chi connectivity index (χ0v) is 16.6. The number of halogens is 1. The maximum Gasteiger partial charge on any atom is 0.274 e. The first-order valence-corrected chi connectivity index (χ1v) is 9.48. The molecule has 0 aliphatic carbocycles. The van der Waals surface area contributed by atoms with Crippen LogP contribution in [-0.2, 0) is 10.2 Å². The Kier molecular flexibility index (Phi) is 4.91. The molecule has 0 saturated carbocycles. The number of benzene rings is 1. The van der Waals surface area contributed by atoms with Crippen molar-refractivity contribution in [2.75, 3.05) is 36.5 Å². The largest absolute Gasteiger partial charge is 0.378 e. The van der Waals surface area contributed by atoms with Crippen LogP contribution in [0.1, 0.15) is 37.0 Å². The monoisotopic (exact) mass is 398 g/mol. The summed E-state index contributed by atoms with van der Waals surface area (Å²) in [5, 5.41) is 6.91. The van der Waals surface area contributed by atoms with E-state index < -0.39 is 5.91 Å². The molecule has 3 heterocycles. The van der Waals surface area contributed by atoms with Crippen molar-refractivity contribution in [2.45, 2.75) is 26.2 Å². The predicted molar refractivity (Wildman–Crippen MR) is 107 cm³/mol. The lowest BCUT2D eigenvalue weighted by Gasteiger charge is -2.29. The molecular weight excluding hydrogens is 375 g/mol. The molecule has 4 rings (SSSR count). The van der Waals surface area contributed by atoms with Crippen LogP contribution in [0.3, 0.4) is 0 Å². The summed E-state index contributed by atoms with van der Waals surface area (Å²) in [6.45, 7) is 8.48. The number of hydrogen-bond donors (Lipinski definition) is 1. The van der Waals surface area contributed by atoms with E-state index in [1.54, 1.807) is 22.7 Å². The van der Waals surface area contributed by atoms with Gasteiger partial charge in [0.05, 0.1) is 24.6 Å². The second-order valence-corrected chi connectivity index (χ2v) is 7.97. The highest BCUT2D eigenvalue weighted by molar-refractivity contribution is 6.03. The highest BCUT2D eigenvalue weighted by atomic mass is 19.1. The number of carbonyl (C=O) groups is 1. The Morgan fingerprint density at radius 2 is 1.97 bits per heavy atom. The van der Waals surface area contributed by atoms with Gasteiger partial charge in [-0.25, -0.2) is 13.9 Å². The number of rotatable bonds is 3. The molecule has 1 aromatic carbocycles. The van der Waals surface area contributed by atoms with Crippen LogP contribution in [0.2, 0.25) is 0 Å². The molecule has 1 N–H and O–H groups in total. The minimum Gasteiger partial charge on any atom is -0.378 e.